The van der Waals surface area contributed by atoms with E-state index in [1.165, 1.54) is 0 Å². The van der Waals surface area contributed by atoms with Crippen LogP contribution in [-0.2, 0) is 9.84 Å². The van der Waals surface area contributed by atoms with Crippen molar-refractivity contribution in [2.45, 2.75) is 11.8 Å². The van der Waals surface area contributed by atoms with E-state index in [2.05, 4.69) is 0 Å². The molecule has 0 radical (unpaired) electrons. The van der Waals surface area contributed by atoms with Gasteiger partial charge in [0.15, 0.2) is 9.84 Å². The molecule has 0 unspecified atom stereocenters. The normalized spacial score (nSPS) is 11.5. The van der Waals surface area contributed by atoms with Gasteiger partial charge in [0.2, 0.25) is 0 Å². The Labute approximate surface area is 122 Å². The molecule has 2 nitrogen and oxygen atoms in total. The molecule has 0 saturated heterocycles. The second kappa shape index (κ2) is 5.53. The first kappa shape index (κ1) is 14.4. The summed E-state index contributed by atoms with van der Waals surface area (Å²) < 4.78 is 23.4. The van der Waals surface area contributed by atoms with Gasteiger partial charge in [-0.15, -0.1) is 0 Å². The minimum atomic E-state index is -3.16. The average molecular weight is 315 g/mol. The molecule has 2 aromatic rings. The third kappa shape index (κ3) is 3.11. The van der Waals surface area contributed by atoms with Crippen LogP contribution in [0.15, 0.2) is 47.4 Å². The van der Waals surface area contributed by atoms with Crippen LogP contribution < -0.4 is 0 Å². The second-order valence-electron chi connectivity index (χ2n) is 4.06. The maximum absolute atomic E-state index is 11.7. The fourth-order valence-corrected chi connectivity index (χ4v) is 2.88. The molecule has 0 saturated carbocycles. The van der Waals surface area contributed by atoms with Gasteiger partial charge < -0.3 is 0 Å². The highest BCUT2D eigenvalue weighted by molar-refractivity contribution is 7.91. The molecule has 2 aromatic carbocycles. The van der Waals surface area contributed by atoms with Crippen molar-refractivity contribution in [1.29, 1.82) is 0 Å². The highest BCUT2D eigenvalue weighted by Crippen LogP contribution is 2.29. The molecule has 0 aliphatic heterocycles. The van der Waals surface area contributed by atoms with Crippen LogP contribution in [0.1, 0.15) is 6.92 Å². The van der Waals surface area contributed by atoms with E-state index in [1.807, 2.05) is 6.07 Å². The summed E-state index contributed by atoms with van der Waals surface area (Å²) in [6.07, 6.45) is 0. The Kier molecular flexibility index (Phi) is 4.19. The zero-order valence-corrected chi connectivity index (χ0v) is 12.6. The number of sulfone groups is 1. The quantitative estimate of drug-likeness (QED) is 0.838. The average Bonchev–Trinajstić information content (AvgIpc) is 2.42. The van der Waals surface area contributed by atoms with Crippen molar-refractivity contribution in [2.75, 3.05) is 5.75 Å². The Morgan fingerprint density at radius 1 is 0.895 bits per heavy atom. The molecular weight excluding hydrogens is 303 g/mol. The van der Waals surface area contributed by atoms with Crippen LogP contribution in [0.5, 0.6) is 0 Å². The van der Waals surface area contributed by atoms with E-state index in [-0.39, 0.29) is 5.75 Å². The zero-order chi connectivity index (χ0) is 14.0. The molecule has 0 spiro atoms. The van der Waals surface area contributed by atoms with Crippen LogP contribution in [0.2, 0.25) is 10.0 Å². The number of halogens is 2. The lowest BCUT2D eigenvalue weighted by molar-refractivity contribution is 0.597. The molecule has 0 aromatic heterocycles. The largest absolute Gasteiger partial charge is 0.224 e. The second-order valence-corrected chi connectivity index (χ2v) is 7.15. The maximum atomic E-state index is 11.7. The monoisotopic (exact) mass is 314 g/mol. The van der Waals surface area contributed by atoms with Crippen LogP contribution in [-0.4, -0.2) is 14.2 Å². The van der Waals surface area contributed by atoms with Gasteiger partial charge in [-0.1, -0.05) is 48.3 Å². The first-order valence-corrected chi connectivity index (χ1v) is 8.13. The highest BCUT2D eigenvalue weighted by Gasteiger charge is 2.11. The highest BCUT2D eigenvalue weighted by atomic mass is 35.5. The Hall–Kier alpha value is -1.03. The zero-order valence-electron chi connectivity index (χ0n) is 10.2. The third-order valence-corrected chi connectivity index (χ3v) is 5.34. The Morgan fingerprint density at radius 3 is 2.00 bits per heavy atom. The predicted octanol–water partition coefficient (Wildman–Crippen LogP) is 4.45. The summed E-state index contributed by atoms with van der Waals surface area (Å²) in [6.45, 7) is 1.63. The Morgan fingerprint density at radius 2 is 1.47 bits per heavy atom. The standard InChI is InChI=1S/C14H12Cl2O2S/c1-2-19(17,18)12-6-3-10(4-7-12)11-5-8-13(15)14(16)9-11/h3-9H,2H2,1H3. The van der Waals surface area contributed by atoms with Crippen molar-refractivity contribution in [3.05, 3.63) is 52.5 Å². The van der Waals surface area contributed by atoms with Gasteiger partial charge in [0.05, 0.1) is 20.7 Å². The van der Waals surface area contributed by atoms with Gasteiger partial charge in [-0.2, -0.15) is 0 Å². The van der Waals surface area contributed by atoms with Crippen LogP contribution in [0.25, 0.3) is 11.1 Å². The van der Waals surface area contributed by atoms with Crippen LogP contribution >= 0.6 is 23.2 Å². The van der Waals surface area contributed by atoms with Crippen molar-refractivity contribution in [2.24, 2.45) is 0 Å². The van der Waals surface area contributed by atoms with E-state index < -0.39 is 9.84 Å². The van der Waals surface area contributed by atoms with Gasteiger partial charge in [0.1, 0.15) is 0 Å². The summed E-state index contributed by atoms with van der Waals surface area (Å²) >= 11 is 11.8. The summed E-state index contributed by atoms with van der Waals surface area (Å²) in [5.74, 6) is 0.0963. The fraction of sp³-hybridized carbons (Fsp3) is 0.143. The van der Waals surface area contributed by atoms with Crippen LogP contribution in [0.3, 0.4) is 0 Å². The smallest absolute Gasteiger partial charge is 0.178 e. The molecular formula is C14H12Cl2O2S. The van der Waals surface area contributed by atoms with Crippen molar-refractivity contribution < 1.29 is 8.42 Å². The molecule has 5 heteroatoms. The number of hydrogen-bond donors (Lipinski definition) is 0. The molecule has 19 heavy (non-hydrogen) atoms. The molecule has 2 rings (SSSR count). The lowest BCUT2D eigenvalue weighted by Gasteiger charge is -2.05. The van der Waals surface area contributed by atoms with E-state index in [1.54, 1.807) is 43.3 Å². The summed E-state index contributed by atoms with van der Waals surface area (Å²) in [4.78, 5) is 0.332. The Bertz CT molecular complexity index is 692. The van der Waals surface area contributed by atoms with Gasteiger partial charge >= 0.3 is 0 Å². The van der Waals surface area contributed by atoms with Crippen molar-refractivity contribution in [3.63, 3.8) is 0 Å². The van der Waals surface area contributed by atoms with Gasteiger partial charge in [-0.05, 0) is 35.4 Å². The molecule has 0 amide bonds. The topological polar surface area (TPSA) is 34.1 Å². The molecule has 0 aliphatic carbocycles. The first-order valence-electron chi connectivity index (χ1n) is 5.72. The van der Waals surface area contributed by atoms with E-state index in [4.69, 9.17) is 23.2 Å². The minimum Gasteiger partial charge on any atom is -0.224 e. The molecule has 0 aliphatic rings. The van der Waals surface area contributed by atoms with E-state index in [0.717, 1.165) is 11.1 Å². The van der Waals surface area contributed by atoms with Crippen LogP contribution in [0.4, 0.5) is 0 Å². The number of rotatable bonds is 3. The van der Waals surface area contributed by atoms with Gasteiger partial charge in [0.25, 0.3) is 0 Å². The van der Waals surface area contributed by atoms with Crippen molar-refractivity contribution in [1.82, 2.24) is 0 Å². The molecule has 0 fully saturated rings. The summed E-state index contributed by atoms with van der Waals surface area (Å²) in [6, 6.07) is 12.1. The number of hydrogen-bond acceptors (Lipinski definition) is 2. The minimum absolute atomic E-state index is 0.0963. The molecule has 0 atom stereocenters. The first-order chi connectivity index (χ1) is 8.94. The predicted molar refractivity (Wildman–Crippen MR) is 79.6 cm³/mol. The Balaban J connectivity index is 2.40. The van der Waals surface area contributed by atoms with Gasteiger partial charge in [-0.25, -0.2) is 8.42 Å². The van der Waals surface area contributed by atoms with Crippen LogP contribution in [0, 0.1) is 0 Å². The molecule has 100 valence electrons. The SMILES string of the molecule is CCS(=O)(=O)c1ccc(-c2ccc(Cl)c(Cl)c2)cc1. The third-order valence-electron chi connectivity index (χ3n) is 2.85. The van der Waals surface area contributed by atoms with Crippen molar-refractivity contribution >= 4 is 33.0 Å². The van der Waals surface area contributed by atoms with E-state index >= 15 is 0 Å². The lowest BCUT2D eigenvalue weighted by Crippen LogP contribution is -2.03. The van der Waals surface area contributed by atoms with Gasteiger partial charge in [0, 0.05) is 0 Å². The fourth-order valence-electron chi connectivity index (χ4n) is 1.70. The lowest BCUT2D eigenvalue weighted by atomic mass is 10.1. The molecule has 0 bridgehead atoms. The summed E-state index contributed by atoms with van der Waals surface area (Å²) in [7, 11) is -3.16. The maximum Gasteiger partial charge on any atom is 0.178 e. The summed E-state index contributed by atoms with van der Waals surface area (Å²) in [5.41, 5.74) is 1.79. The van der Waals surface area contributed by atoms with Crippen molar-refractivity contribution in [3.8, 4) is 11.1 Å². The van der Waals surface area contributed by atoms with Gasteiger partial charge in [-0.3, -0.25) is 0 Å². The molecule has 0 N–H and O–H groups in total. The number of benzene rings is 2. The van der Waals surface area contributed by atoms with E-state index in [9.17, 15) is 8.42 Å². The summed E-state index contributed by atoms with van der Waals surface area (Å²) in [5, 5.41) is 0.972. The van der Waals surface area contributed by atoms with E-state index in [0.29, 0.717) is 14.9 Å². The molecule has 0 heterocycles.